The van der Waals surface area contributed by atoms with Crippen LogP contribution in [-0.4, -0.2) is 24.5 Å². The van der Waals surface area contributed by atoms with Gasteiger partial charge >= 0.3 is 0 Å². The summed E-state index contributed by atoms with van der Waals surface area (Å²) in [5.74, 6) is 0. The fourth-order valence-electron chi connectivity index (χ4n) is 4.20. The molecule has 1 aliphatic rings. The van der Waals surface area contributed by atoms with Gasteiger partial charge in [-0.15, -0.1) is 0 Å². The average molecular weight is 337 g/mol. The van der Waals surface area contributed by atoms with Crippen LogP contribution in [0.1, 0.15) is 59.7 Å². The topological polar surface area (TPSA) is 15.3 Å². The van der Waals surface area contributed by atoms with Gasteiger partial charge in [-0.25, -0.2) is 0 Å². The summed E-state index contributed by atoms with van der Waals surface area (Å²) in [5.41, 5.74) is 6.87. The van der Waals surface area contributed by atoms with Gasteiger partial charge in [-0.2, -0.15) is 0 Å². The quantitative estimate of drug-likeness (QED) is 0.836. The molecule has 2 heteroatoms. The molecule has 1 N–H and O–H groups in total. The predicted octanol–water partition coefficient (Wildman–Crippen LogP) is 5.10. The van der Waals surface area contributed by atoms with Crippen molar-refractivity contribution in [3.63, 3.8) is 0 Å². The molecule has 0 amide bonds. The van der Waals surface area contributed by atoms with E-state index in [1.807, 2.05) is 0 Å². The van der Waals surface area contributed by atoms with Crippen LogP contribution in [0.3, 0.4) is 0 Å². The van der Waals surface area contributed by atoms with Crippen molar-refractivity contribution in [2.45, 2.75) is 58.7 Å². The normalized spacial score (nSPS) is 22.2. The maximum absolute atomic E-state index is 3.77. The number of rotatable bonds is 4. The Balaban J connectivity index is 1.84. The van der Waals surface area contributed by atoms with Crippen LogP contribution in [0.4, 0.5) is 0 Å². The molecule has 1 saturated heterocycles. The highest BCUT2D eigenvalue weighted by atomic mass is 15.2. The lowest BCUT2D eigenvalue weighted by Gasteiger charge is -2.42. The third-order valence-corrected chi connectivity index (χ3v) is 5.72. The number of aryl methyl sites for hydroxylation is 3. The van der Waals surface area contributed by atoms with E-state index in [4.69, 9.17) is 0 Å². The number of benzene rings is 2. The summed E-state index contributed by atoms with van der Waals surface area (Å²) in [6.45, 7) is 10.0. The highest BCUT2D eigenvalue weighted by Crippen LogP contribution is 2.33. The minimum atomic E-state index is 0.410. The lowest BCUT2D eigenvalue weighted by Crippen LogP contribution is -2.47. The SMILES string of the molecule is Cc1ccc(C2NCCCC2N(C)C(C)c2cc(C)cc(C)c2)cc1. The maximum atomic E-state index is 3.77. The first kappa shape index (κ1) is 18.2. The van der Waals surface area contributed by atoms with Crippen LogP contribution >= 0.6 is 0 Å². The van der Waals surface area contributed by atoms with Gasteiger partial charge in [0.25, 0.3) is 0 Å². The molecule has 3 rings (SSSR count). The lowest BCUT2D eigenvalue weighted by atomic mass is 9.89. The first-order valence-corrected chi connectivity index (χ1v) is 9.56. The van der Waals surface area contributed by atoms with E-state index in [9.17, 15) is 0 Å². The predicted molar refractivity (Wildman–Crippen MR) is 107 cm³/mol. The smallest absolute Gasteiger partial charge is 0.0478 e. The third kappa shape index (κ3) is 4.13. The average Bonchev–Trinajstić information content (AvgIpc) is 2.60. The van der Waals surface area contributed by atoms with Gasteiger partial charge in [0.2, 0.25) is 0 Å². The van der Waals surface area contributed by atoms with Gasteiger partial charge in [-0.3, -0.25) is 4.90 Å². The Kier molecular flexibility index (Phi) is 5.61. The van der Waals surface area contributed by atoms with Crippen LogP contribution in [0.15, 0.2) is 42.5 Å². The standard InChI is InChI=1S/C23H32N2/c1-16-8-10-20(11-9-16)23-22(7-6-12-24-23)25(5)19(4)21-14-17(2)13-18(3)15-21/h8-11,13-15,19,22-24H,6-7,12H2,1-5H3. The summed E-state index contributed by atoms with van der Waals surface area (Å²) in [6.07, 6.45) is 2.49. The minimum absolute atomic E-state index is 0.410. The highest BCUT2D eigenvalue weighted by Gasteiger charge is 2.31. The van der Waals surface area contributed by atoms with Gasteiger partial charge in [0, 0.05) is 18.1 Å². The zero-order chi connectivity index (χ0) is 18.0. The second-order valence-corrected chi connectivity index (χ2v) is 7.81. The molecule has 1 aliphatic heterocycles. The maximum Gasteiger partial charge on any atom is 0.0478 e. The molecular weight excluding hydrogens is 304 g/mol. The second kappa shape index (κ2) is 7.72. The van der Waals surface area contributed by atoms with E-state index in [-0.39, 0.29) is 0 Å². The zero-order valence-electron chi connectivity index (χ0n) is 16.3. The molecule has 0 saturated carbocycles. The number of likely N-dealkylation sites (N-methyl/N-ethyl adjacent to an activating group) is 1. The summed E-state index contributed by atoms with van der Waals surface area (Å²) < 4.78 is 0. The number of hydrogen-bond acceptors (Lipinski definition) is 2. The summed E-state index contributed by atoms with van der Waals surface area (Å²) in [6, 6.07) is 17.3. The van der Waals surface area contributed by atoms with Crippen LogP contribution in [0, 0.1) is 20.8 Å². The van der Waals surface area contributed by atoms with Crippen molar-refractivity contribution in [3.05, 3.63) is 70.3 Å². The number of nitrogens with zero attached hydrogens (tertiary/aromatic N) is 1. The largest absolute Gasteiger partial charge is 0.309 e. The van der Waals surface area contributed by atoms with Crippen LogP contribution in [0.2, 0.25) is 0 Å². The van der Waals surface area contributed by atoms with Crippen molar-refractivity contribution < 1.29 is 0 Å². The van der Waals surface area contributed by atoms with Crippen molar-refractivity contribution in [3.8, 4) is 0 Å². The molecule has 25 heavy (non-hydrogen) atoms. The van der Waals surface area contributed by atoms with Crippen LogP contribution in [-0.2, 0) is 0 Å². The van der Waals surface area contributed by atoms with Crippen molar-refractivity contribution in [1.82, 2.24) is 10.2 Å². The Hall–Kier alpha value is -1.64. The molecule has 2 aromatic carbocycles. The van der Waals surface area contributed by atoms with Gasteiger partial charge in [0.1, 0.15) is 0 Å². The van der Waals surface area contributed by atoms with Gasteiger partial charge in [0.05, 0.1) is 0 Å². The van der Waals surface area contributed by atoms with E-state index in [2.05, 4.69) is 87.4 Å². The molecule has 0 bridgehead atoms. The Morgan fingerprint density at radius 1 is 0.960 bits per heavy atom. The van der Waals surface area contributed by atoms with Crippen LogP contribution < -0.4 is 5.32 Å². The summed E-state index contributed by atoms with van der Waals surface area (Å²) in [4.78, 5) is 2.57. The molecule has 3 atom stereocenters. The van der Waals surface area contributed by atoms with Crippen LogP contribution in [0.25, 0.3) is 0 Å². The van der Waals surface area contributed by atoms with Crippen LogP contribution in [0.5, 0.6) is 0 Å². The molecule has 1 heterocycles. The van der Waals surface area contributed by atoms with Gasteiger partial charge in [-0.05, 0) is 65.3 Å². The molecular formula is C23H32N2. The van der Waals surface area contributed by atoms with E-state index in [1.165, 1.54) is 40.7 Å². The molecule has 0 spiro atoms. The van der Waals surface area contributed by atoms with E-state index < -0.39 is 0 Å². The molecule has 0 aliphatic carbocycles. The Labute approximate surface area is 153 Å². The molecule has 3 unspecified atom stereocenters. The van der Waals surface area contributed by atoms with Crippen molar-refractivity contribution in [1.29, 1.82) is 0 Å². The third-order valence-electron chi connectivity index (χ3n) is 5.72. The Morgan fingerprint density at radius 3 is 2.24 bits per heavy atom. The fourth-order valence-corrected chi connectivity index (χ4v) is 4.20. The van der Waals surface area contributed by atoms with Crippen molar-refractivity contribution in [2.24, 2.45) is 0 Å². The minimum Gasteiger partial charge on any atom is -0.309 e. The Bertz CT molecular complexity index is 684. The van der Waals surface area contributed by atoms with Gasteiger partial charge in [-0.1, -0.05) is 59.2 Å². The molecule has 0 aromatic heterocycles. The van der Waals surface area contributed by atoms with E-state index in [0.717, 1.165) is 6.54 Å². The molecule has 2 nitrogen and oxygen atoms in total. The molecule has 134 valence electrons. The van der Waals surface area contributed by atoms with Crippen molar-refractivity contribution in [2.75, 3.05) is 13.6 Å². The van der Waals surface area contributed by atoms with Crippen molar-refractivity contribution >= 4 is 0 Å². The molecule has 0 radical (unpaired) electrons. The summed E-state index contributed by atoms with van der Waals surface area (Å²) in [5, 5.41) is 3.77. The number of nitrogens with one attached hydrogen (secondary N) is 1. The van der Waals surface area contributed by atoms with E-state index in [0.29, 0.717) is 18.1 Å². The fraction of sp³-hybridized carbons (Fsp3) is 0.478. The monoisotopic (exact) mass is 336 g/mol. The molecule has 1 fully saturated rings. The number of piperidine rings is 1. The number of hydrogen-bond donors (Lipinski definition) is 1. The second-order valence-electron chi connectivity index (χ2n) is 7.81. The van der Waals surface area contributed by atoms with E-state index >= 15 is 0 Å². The summed E-state index contributed by atoms with van der Waals surface area (Å²) >= 11 is 0. The van der Waals surface area contributed by atoms with Gasteiger partial charge < -0.3 is 5.32 Å². The molecule has 2 aromatic rings. The highest BCUT2D eigenvalue weighted by molar-refractivity contribution is 5.31. The first-order valence-electron chi connectivity index (χ1n) is 9.56. The summed E-state index contributed by atoms with van der Waals surface area (Å²) in [7, 11) is 2.29. The lowest BCUT2D eigenvalue weighted by molar-refractivity contribution is 0.118. The van der Waals surface area contributed by atoms with Gasteiger partial charge in [0.15, 0.2) is 0 Å². The van der Waals surface area contributed by atoms with E-state index in [1.54, 1.807) is 0 Å². The zero-order valence-corrected chi connectivity index (χ0v) is 16.3. The Morgan fingerprint density at radius 2 is 1.60 bits per heavy atom. The first-order chi connectivity index (χ1) is 12.0.